The number of nitriles is 1. The fourth-order valence-electron chi connectivity index (χ4n) is 2.04. The van der Waals surface area contributed by atoms with Gasteiger partial charge >= 0.3 is 0 Å². The first-order chi connectivity index (χ1) is 9.11. The first-order valence-electron chi connectivity index (χ1n) is 5.57. The molecule has 19 heavy (non-hydrogen) atoms. The molecule has 0 aliphatic rings. The molecule has 0 aliphatic heterocycles. The van der Waals surface area contributed by atoms with Crippen LogP contribution in [-0.4, -0.2) is 12.1 Å². The van der Waals surface area contributed by atoms with Gasteiger partial charge in [-0.15, -0.1) is 0 Å². The van der Waals surface area contributed by atoms with E-state index >= 15 is 0 Å². The number of nitrogens with two attached hydrogens (primary N) is 1. The molecule has 2 N–H and O–H groups in total. The zero-order valence-electron chi connectivity index (χ0n) is 10.6. The molecule has 0 spiro atoms. The van der Waals surface area contributed by atoms with Crippen LogP contribution in [-0.2, 0) is 0 Å². The predicted octanol–water partition coefficient (Wildman–Crippen LogP) is 2.66. The molecule has 0 amide bonds. The van der Waals surface area contributed by atoms with E-state index in [0.29, 0.717) is 16.7 Å². The number of halogens is 1. The molecule has 1 heterocycles. The Hall–Kier alpha value is -2.61. The van der Waals surface area contributed by atoms with E-state index in [1.54, 1.807) is 31.5 Å². The van der Waals surface area contributed by atoms with Crippen LogP contribution in [0.4, 0.5) is 10.1 Å². The van der Waals surface area contributed by atoms with Crippen LogP contribution in [0.3, 0.4) is 0 Å². The molecule has 0 fully saturated rings. The van der Waals surface area contributed by atoms with Gasteiger partial charge in [0.1, 0.15) is 11.8 Å². The van der Waals surface area contributed by atoms with Gasteiger partial charge in [-0.05, 0) is 30.2 Å². The van der Waals surface area contributed by atoms with Gasteiger partial charge < -0.3 is 10.5 Å². The van der Waals surface area contributed by atoms with E-state index in [1.807, 2.05) is 6.07 Å². The normalized spacial score (nSPS) is 10.0. The quantitative estimate of drug-likeness (QED) is 0.839. The SMILES string of the molecule is COc1c(N)c(F)c(-c2ccncc2)c(C)c1C#N. The maximum atomic E-state index is 14.4. The molecule has 96 valence electrons. The molecule has 5 heteroatoms. The van der Waals surface area contributed by atoms with E-state index in [9.17, 15) is 9.65 Å². The van der Waals surface area contributed by atoms with Gasteiger partial charge in [-0.3, -0.25) is 4.98 Å². The summed E-state index contributed by atoms with van der Waals surface area (Å²) in [7, 11) is 1.36. The average Bonchev–Trinajstić information content (AvgIpc) is 2.44. The summed E-state index contributed by atoms with van der Waals surface area (Å²) in [6.45, 7) is 1.67. The lowest BCUT2D eigenvalue weighted by Crippen LogP contribution is -2.04. The van der Waals surface area contributed by atoms with Crippen LogP contribution in [0, 0.1) is 24.1 Å². The van der Waals surface area contributed by atoms with E-state index in [2.05, 4.69) is 4.98 Å². The first-order valence-corrected chi connectivity index (χ1v) is 5.57. The van der Waals surface area contributed by atoms with Gasteiger partial charge in [-0.25, -0.2) is 4.39 Å². The highest BCUT2D eigenvalue weighted by atomic mass is 19.1. The highest BCUT2D eigenvalue weighted by Gasteiger charge is 2.22. The van der Waals surface area contributed by atoms with Gasteiger partial charge in [0.15, 0.2) is 11.6 Å². The molecule has 4 nitrogen and oxygen atoms in total. The van der Waals surface area contributed by atoms with E-state index in [4.69, 9.17) is 10.5 Å². The van der Waals surface area contributed by atoms with Crippen molar-refractivity contribution in [2.75, 3.05) is 12.8 Å². The summed E-state index contributed by atoms with van der Waals surface area (Å²) >= 11 is 0. The third-order valence-electron chi connectivity index (χ3n) is 2.96. The molecule has 0 saturated heterocycles. The van der Waals surface area contributed by atoms with Crippen molar-refractivity contribution in [3.05, 3.63) is 41.5 Å². The van der Waals surface area contributed by atoms with Crippen LogP contribution in [0.5, 0.6) is 5.75 Å². The Labute approximate surface area is 110 Å². The van der Waals surface area contributed by atoms with Crippen LogP contribution in [0.1, 0.15) is 11.1 Å². The van der Waals surface area contributed by atoms with Crippen molar-refractivity contribution in [2.24, 2.45) is 0 Å². The Morgan fingerprint density at radius 1 is 1.37 bits per heavy atom. The standard InChI is InChI=1S/C14H12FN3O/c1-8-10(7-16)14(19-2)13(17)12(15)11(8)9-3-5-18-6-4-9/h3-6H,17H2,1-2H3. The summed E-state index contributed by atoms with van der Waals surface area (Å²) < 4.78 is 19.4. The molecule has 0 bridgehead atoms. The molecule has 1 aromatic heterocycles. The third kappa shape index (κ3) is 1.97. The van der Waals surface area contributed by atoms with E-state index in [-0.39, 0.29) is 17.0 Å². The number of rotatable bonds is 2. The molecule has 0 atom stereocenters. The zero-order chi connectivity index (χ0) is 14.0. The lowest BCUT2D eigenvalue weighted by atomic mass is 9.95. The number of nitrogen functional groups attached to an aromatic ring is 1. The third-order valence-corrected chi connectivity index (χ3v) is 2.96. The summed E-state index contributed by atoms with van der Waals surface area (Å²) in [6.07, 6.45) is 3.11. The molecular formula is C14H12FN3O. The second kappa shape index (κ2) is 4.94. The van der Waals surface area contributed by atoms with E-state index in [1.165, 1.54) is 7.11 Å². The summed E-state index contributed by atoms with van der Waals surface area (Å²) in [5.74, 6) is -0.505. The van der Waals surface area contributed by atoms with E-state index in [0.717, 1.165) is 0 Å². The molecule has 1 aromatic carbocycles. The Balaban J connectivity index is 2.84. The summed E-state index contributed by atoms with van der Waals surface area (Å²) in [6, 6.07) is 5.34. The molecule has 0 unspecified atom stereocenters. The Kier molecular flexibility index (Phi) is 3.34. The van der Waals surface area contributed by atoms with E-state index < -0.39 is 5.82 Å². The molecule has 2 rings (SSSR count). The maximum Gasteiger partial charge on any atom is 0.162 e. The highest BCUT2D eigenvalue weighted by Crippen LogP contribution is 2.39. The first kappa shape index (κ1) is 12.8. The Bertz CT molecular complexity index is 663. The number of nitrogens with zero attached hydrogens (tertiary/aromatic N) is 2. The number of benzene rings is 1. The second-order valence-electron chi connectivity index (χ2n) is 3.98. The van der Waals surface area contributed by atoms with Gasteiger partial charge in [0.25, 0.3) is 0 Å². The minimum atomic E-state index is -0.584. The average molecular weight is 257 g/mol. The van der Waals surface area contributed by atoms with Gasteiger partial charge in [0.2, 0.25) is 0 Å². The second-order valence-corrected chi connectivity index (χ2v) is 3.98. The van der Waals surface area contributed by atoms with Crippen LogP contribution >= 0.6 is 0 Å². The smallest absolute Gasteiger partial charge is 0.162 e. The van der Waals surface area contributed by atoms with Crippen molar-refractivity contribution in [1.82, 2.24) is 4.98 Å². The topological polar surface area (TPSA) is 71.9 Å². The monoisotopic (exact) mass is 257 g/mol. The minimum Gasteiger partial charge on any atom is -0.493 e. The molecule has 0 saturated carbocycles. The largest absolute Gasteiger partial charge is 0.493 e. The lowest BCUT2D eigenvalue weighted by Gasteiger charge is -2.15. The molecular weight excluding hydrogens is 245 g/mol. The van der Waals surface area contributed by atoms with Gasteiger partial charge in [-0.1, -0.05) is 0 Å². The number of methoxy groups -OCH3 is 1. The number of hydrogen-bond acceptors (Lipinski definition) is 4. The fourth-order valence-corrected chi connectivity index (χ4v) is 2.04. The summed E-state index contributed by atoms with van der Waals surface area (Å²) in [5, 5.41) is 9.20. The van der Waals surface area contributed by atoms with Gasteiger partial charge in [-0.2, -0.15) is 5.26 Å². The highest BCUT2D eigenvalue weighted by molar-refractivity contribution is 5.79. The van der Waals surface area contributed by atoms with Crippen molar-refractivity contribution in [3.8, 4) is 22.9 Å². The lowest BCUT2D eigenvalue weighted by molar-refractivity contribution is 0.412. The fraction of sp³-hybridized carbons (Fsp3) is 0.143. The summed E-state index contributed by atoms with van der Waals surface area (Å²) in [5.41, 5.74) is 7.22. The summed E-state index contributed by atoms with van der Waals surface area (Å²) in [4.78, 5) is 3.89. The van der Waals surface area contributed by atoms with Gasteiger partial charge in [0, 0.05) is 18.0 Å². The molecule has 0 aliphatic carbocycles. The van der Waals surface area contributed by atoms with Crippen LogP contribution < -0.4 is 10.5 Å². The Morgan fingerprint density at radius 2 is 2.00 bits per heavy atom. The van der Waals surface area contributed by atoms with Crippen molar-refractivity contribution in [3.63, 3.8) is 0 Å². The van der Waals surface area contributed by atoms with Crippen LogP contribution in [0.15, 0.2) is 24.5 Å². The number of hydrogen-bond donors (Lipinski definition) is 1. The van der Waals surface area contributed by atoms with Crippen molar-refractivity contribution in [2.45, 2.75) is 6.92 Å². The van der Waals surface area contributed by atoms with Crippen molar-refractivity contribution < 1.29 is 9.13 Å². The number of ether oxygens (including phenoxy) is 1. The number of aromatic nitrogens is 1. The van der Waals surface area contributed by atoms with Crippen LogP contribution in [0.25, 0.3) is 11.1 Å². The molecule has 2 aromatic rings. The molecule has 0 radical (unpaired) electrons. The zero-order valence-corrected chi connectivity index (χ0v) is 10.6. The minimum absolute atomic E-state index is 0.0790. The number of anilines is 1. The van der Waals surface area contributed by atoms with Crippen LogP contribution in [0.2, 0.25) is 0 Å². The number of pyridine rings is 1. The Morgan fingerprint density at radius 3 is 2.53 bits per heavy atom. The predicted molar refractivity (Wildman–Crippen MR) is 70.0 cm³/mol. The van der Waals surface area contributed by atoms with Gasteiger partial charge in [0.05, 0.1) is 12.7 Å². The van der Waals surface area contributed by atoms with Crippen molar-refractivity contribution >= 4 is 5.69 Å². The maximum absolute atomic E-state index is 14.4. The van der Waals surface area contributed by atoms with Crippen molar-refractivity contribution in [1.29, 1.82) is 5.26 Å².